The highest BCUT2D eigenvalue weighted by molar-refractivity contribution is 5.69. The second kappa shape index (κ2) is 13.5. The molecule has 244 valence electrons. The maximum atomic E-state index is 12.6. The number of carbonyl (C=O) groups excluding carboxylic acids is 4. The molecule has 9 nitrogen and oxygen atoms in total. The van der Waals surface area contributed by atoms with Gasteiger partial charge in [0, 0.05) is 45.1 Å². The molecule has 0 radical (unpaired) electrons. The lowest BCUT2D eigenvalue weighted by molar-refractivity contribution is -0.224. The van der Waals surface area contributed by atoms with E-state index >= 15 is 0 Å². The number of nitrogens with zero attached hydrogens (tertiary/aromatic N) is 1. The van der Waals surface area contributed by atoms with Gasteiger partial charge in [0.15, 0.2) is 0 Å². The molecule has 9 heteroatoms. The second-order valence-corrected chi connectivity index (χ2v) is 14.8. The van der Waals surface area contributed by atoms with E-state index in [1.807, 2.05) is 19.0 Å². The van der Waals surface area contributed by atoms with Gasteiger partial charge in [-0.05, 0) is 100 Å². The van der Waals surface area contributed by atoms with E-state index in [-0.39, 0.29) is 88.5 Å². The fourth-order valence-corrected chi connectivity index (χ4v) is 10.1. The van der Waals surface area contributed by atoms with Gasteiger partial charge in [0.05, 0.1) is 0 Å². The highest BCUT2D eigenvalue weighted by atomic mass is 16.6. The average molecular weight is 606 g/mol. The average Bonchev–Trinajstić information content (AvgIpc) is 3.25. The fourth-order valence-electron chi connectivity index (χ4n) is 10.1. The number of ether oxygens (including phenoxy) is 4. The molecule has 4 aliphatic carbocycles. The molecule has 0 heterocycles. The summed E-state index contributed by atoms with van der Waals surface area (Å²) in [5, 5.41) is 0. The van der Waals surface area contributed by atoms with Crippen LogP contribution in [0.3, 0.4) is 0 Å². The van der Waals surface area contributed by atoms with Crippen LogP contribution in [0.2, 0.25) is 0 Å². The summed E-state index contributed by atoms with van der Waals surface area (Å²) >= 11 is 0. The van der Waals surface area contributed by atoms with Crippen LogP contribution in [0.5, 0.6) is 0 Å². The van der Waals surface area contributed by atoms with Crippen molar-refractivity contribution in [2.45, 2.75) is 118 Å². The van der Waals surface area contributed by atoms with Crippen LogP contribution < -0.4 is 0 Å². The van der Waals surface area contributed by atoms with Crippen molar-refractivity contribution in [2.75, 3.05) is 27.2 Å². The minimum Gasteiger partial charge on any atom is -0.464 e. The zero-order chi connectivity index (χ0) is 31.7. The Morgan fingerprint density at radius 2 is 1.53 bits per heavy atom. The molecule has 0 spiro atoms. The third-order valence-corrected chi connectivity index (χ3v) is 12.0. The third kappa shape index (κ3) is 7.07. The number of likely N-dealkylation sites (N-methyl/N-ethyl adjacent to an activating group) is 1. The molecule has 0 aromatic rings. The van der Waals surface area contributed by atoms with Gasteiger partial charge in [-0.2, -0.15) is 0 Å². The Hall–Kier alpha value is -2.16. The SMILES string of the molecule is CC(=O)O[C@@H]1CC[C@@]2(C)[C@@H](C1)C[C@@H](OC(C)=O)[C@@H]1[C@@H]2C[C@H](OC(C)=O)[C@]2(C)[C@@H]([C@H](C)CCC(=O)OCCN(C)C)CC[C@@H]12. The first kappa shape index (κ1) is 33.7. The summed E-state index contributed by atoms with van der Waals surface area (Å²) in [7, 11) is 3.91. The van der Waals surface area contributed by atoms with Gasteiger partial charge in [-0.25, -0.2) is 0 Å². The van der Waals surface area contributed by atoms with Crippen LogP contribution in [0.4, 0.5) is 0 Å². The maximum absolute atomic E-state index is 12.6. The Morgan fingerprint density at radius 3 is 2.16 bits per heavy atom. The molecule has 0 N–H and O–H groups in total. The molecule has 4 saturated carbocycles. The minimum absolute atomic E-state index is 0.0300. The van der Waals surface area contributed by atoms with Crippen molar-refractivity contribution in [2.24, 2.45) is 46.3 Å². The molecule has 4 aliphatic rings. The molecular weight excluding hydrogens is 550 g/mol. The lowest BCUT2D eigenvalue weighted by Crippen LogP contribution is -2.63. The first-order valence-corrected chi connectivity index (χ1v) is 16.5. The summed E-state index contributed by atoms with van der Waals surface area (Å²) in [5.41, 5.74) is -0.324. The summed E-state index contributed by atoms with van der Waals surface area (Å²) in [4.78, 5) is 51.3. The van der Waals surface area contributed by atoms with Crippen molar-refractivity contribution >= 4 is 23.9 Å². The van der Waals surface area contributed by atoms with Gasteiger partial charge in [-0.1, -0.05) is 20.8 Å². The normalized spacial score (nSPS) is 39.1. The topological polar surface area (TPSA) is 108 Å². The molecular formula is C34H55NO8. The number of hydrogen-bond acceptors (Lipinski definition) is 9. The molecule has 0 aromatic carbocycles. The zero-order valence-corrected chi connectivity index (χ0v) is 27.7. The van der Waals surface area contributed by atoms with Gasteiger partial charge in [0.25, 0.3) is 0 Å². The number of rotatable bonds is 10. The van der Waals surface area contributed by atoms with E-state index < -0.39 is 0 Å². The number of esters is 4. The van der Waals surface area contributed by atoms with Gasteiger partial charge in [-0.15, -0.1) is 0 Å². The third-order valence-electron chi connectivity index (χ3n) is 12.0. The monoisotopic (exact) mass is 605 g/mol. The highest BCUT2D eigenvalue weighted by Gasteiger charge is 2.67. The molecule has 43 heavy (non-hydrogen) atoms. The van der Waals surface area contributed by atoms with Crippen LogP contribution in [-0.4, -0.2) is 74.3 Å². The Morgan fingerprint density at radius 1 is 0.860 bits per heavy atom. The van der Waals surface area contributed by atoms with Gasteiger partial charge < -0.3 is 23.8 Å². The number of fused-ring (bicyclic) bond motifs is 5. The van der Waals surface area contributed by atoms with Crippen LogP contribution >= 0.6 is 0 Å². The van der Waals surface area contributed by atoms with E-state index in [0.717, 1.165) is 51.4 Å². The fraction of sp³-hybridized carbons (Fsp3) is 0.882. The first-order chi connectivity index (χ1) is 20.2. The van der Waals surface area contributed by atoms with E-state index in [1.165, 1.54) is 20.8 Å². The maximum Gasteiger partial charge on any atom is 0.305 e. The lowest BCUT2D eigenvalue weighted by atomic mass is 9.43. The van der Waals surface area contributed by atoms with Crippen molar-refractivity contribution in [1.82, 2.24) is 4.90 Å². The molecule has 4 rings (SSSR count). The zero-order valence-electron chi connectivity index (χ0n) is 27.7. The summed E-state index contributed by atoms with van der Waals surface area (Å²) in [6.45, 7) is 12.4. The van der Waals surface area contributed by atoms with E-state index in [0.29, 0.717) is 19.6 Å². The van der Waals surface area contributed by atoms with Crippen LogP contribution in [0.25, 0.3) is 0 Å². The van der Waals surface area contributed by atoms with E-state index in [9.17, 15) is 19.2 Å². The van der Waals surface area contributed by atoms with Crippen molar-refractivity contribution in [3.63, 3.8) is 0 Å². The lowest BCUT2D eigenvalue weighted by Gasteiger charge is -2.64. The Balaban J connectivity index is 1.60. The molecule has 0 bridgehead atoms. The van der Waals surface area contributed by atoms with Crippen molar-refractivity contribution in [3.05, 3.63) is 0 Å². The van der Waals surface area contributed by atoms with Crippen LogP contribution in [-0.2, 0) is 38.1 Å². The molecule has 0 aliphatic heterocycles. The van der Waals surface area contributed by atoms with Gasteiger partial charge in [-0.3, -0.25) is 19.2 Å². The summed E-state index contributed by atoms with van der Waals surface area (Å²) in [6.07, 6.45) is 6.47. The predicted octanol–water partition coefficient (Wildman–Crippen LogP) is 5.18. The quantitative estimate of drug-likeness (QED) is 0.246. The molecule has 0 unspecified atom stereocenters. The highest BCUT2D eigenvalue weighted by Crippen LogP contribution is 2.69. The first-order valence-electron chi connectivity index (χ1n) is 16.5. The standard InChI is InChI=1S/C34H55NO8/c1-20(9-12-31(39)40-16-15-35(7)8)26-10-11-27-32-28(19-30(34(26,27)6)43-23(4)38)33(5)14-13-25(41-21(2)36)17-24(33)18-29(32)42-22(3)37/h20,24-30,32H,9-19H2,1-8H3/t20-,24+,25-,26-,27+,28+,29-,30+,32+,33+,34-/m1/s1. The Bertz CT molecular complexity index is 1050. The van der Waals surface area contributed by atoms with Crippen LogP contribution in [0, 0.1) is 46.3 Å². The van der Waals surface area contributed by atoms with E-state index in [1.54, 1.807) is 0 Å². The molecule has 11 atom stereocenters. The van der Waals surface area contributed by atoms with Crippen molar-refractivity contribution in [1.29, 1.82) is 0 Å². The van der Waals surface area contributed by atoms with E-state index in [4.69, 9.17) is 18.9 Å². The van der Waals surface area contributed by atoms with E-state index in [2.05, 4.69) is 20.8 Å². The smallest absolute Gasteiger partial charge is 0.305 e. The minimum atomic E-state index is -0.294. The van der Waals surface area contributed by atoms with Gasteiger partial charge in [0.2, 0.25) is 0 Å². The molecule has 4 fully saturated rings. The Labute approximate surface area is 258 Å². The predicted molar refractivity (Wildman–Crippen MR) is 161 cm³/mol. The summed E-state index contributed by atoms with van der Waals surface area (Å²) in [6, 6.07) is 0. The molecule has 0 saturated heterocycles. The number of hydrogen-bond donors (Lipinski definition) is 0. The molecule has 0 amide bonds. The van der Waals surface area contributed by atoms with Gasteiger partial charge in [0.1, 0.15) is 24.9 Å². The molecule has 0 aromatic heterocycles. The van der Waals surface area contributed by atoms with Crippen LogP contribution in [0.15, 0.2) is 0 Å². The largest absolute Gasteiger partial charge is 0.464 e. The number of carbonyl (C=O) groups is 4. The van der Waals surface area contributed by atoms with Gasteiger partial charge >= 0.3 is 23.9 Å². The second-order valence-electron chi connectivity index (χ2n) is 14.8. The van der Waals surface area contributed by atoms with Crippen LogP contribution in [0.1, 0.15) is 99.3 Å². The Kier molecular flexibility index (Phi) is 10.6. The van der Waals surface area contributed by atoms with Crippen molar-refractivity contribution < 1.29 is 38.1 Å². The summed E-state index contributed by atoms with van der Waals surface area (Å²) in [5.74, 6) is 0.409. The van der Waals surface area contributed by atoms with Crippen molar-refractivity contribution in [3.8, 4) is 0 Å². The summed E-state index contributed by atoms with van der Waals surface area (Å²) < 4.78 is 23.5.